The number of hydrogen-bond acceptors (Lipinski definition) is 4. The van der Waals surface area contributed by atoms with Crippen molar-refractivity contribution < 1.29 is 13.9 Å². The summed E-state index contributed by atoms with van der Waals surface area (Å²) in [5.74, 6) is -0.0577. The monoisotopic (exact) mass is 482 g/mol. The van der Waals surface area contributed by atoms with Gasteiger partial charge in [-0.05, 0) is 73.5 Å². The predicted octanol–water partition coefficient (Wildman–Crippen LogP) is 6.06. The minimum Gasteiger partial charge on any atom is -0.489 e. The van der Waals surface area contributed by atoms with Gasteiger partial charge in [-0.1, -0.05) is 35.1 Å². The number of benzene rings is 2. The Balaban J connectivity index is 1.48. The van der Waals surface area contributed by atoms with Gasteiger partial charge in [0.25, 0.3) is 5.91 Å². The fraction of sp³-hybridized carbons (Fsp3) is 0.435. The summed E-state index contributed by atoms with van der Waals surface area (Å²) in [6, 6.07) is 8.64. The molecule has 8 heteroatoms. The molecule has 166 valence electrons. The summed E-state index contributed by atoms with van der Waals surface area (Å²) < 4.78 is 23.6. The number of likely N-dealkylation sites (tertiary alicyclic amines) is 1. The first-order chi connectivity index (χ1) is 14.9. The zero-order valence-corrected chi connectivity index (χ0v) is 19.6. The number of nitrogens with zero attached hydrogens (tertiary/aromatic N) is 1. The highest BCUT2D eigenvalue weighted by atomic mass is 35.5. The molecule has 2 aromatic carbocycles. The molecule has 1 atom stereocenters. The van der Waals surface area contributed by atoms with Gasteiger partial charge in [0, 0.05) is 35.5 Å². The molecule has 0 bridgehead atoms. The minimum atomic E-state index is -0.549. The summed E-state index contributed by atoms with van der Waals surface area (Å²) in [7, 11) is 0. The Kier molecular flexibility index (Phi) is 7.32. The Morgan fingerprint density at radius 2 is 1.94 bits per heavy atom. The number of hydrogen-bond donors (Lipinski definition) is 1. The highest BCUT2D eigenvalue weighted by Gasteiger charge is 2.31. The van der Waals surface area contributed by atoms with E-state index in [1.165, 1.54) is 6.07 Å². The van der Waals surface area contributed by atoms with E-state index in [9.17, 15) is 9.18 Å². The van der Waals surface area contributed by atoms with Gasteiger partial charge >= 0.3 is 0 Å². The molecule has 1 aliphatic heterocycles. The van der Waals surface area contributed by atoms with Crippen LogP contribution in [0.1, 0.15) is 53.1 Å². The van der Waals surface area contributed by atoms with E-state index in [1.807, 2.05) is 12.1 Å². The van der Waals surface area contributed by atoms with Crippen molar-refractivity contribution in [1.82, 2.24) is 9.62 Å². The lowest BCUT2D eigenvalue weighted by Gasteiger charge is -2.33. The van der Waals surface area contributed by atoms with Crippen molar-refractivity contribution in [3.63, 3.8) is 0 Å². The summed E-state index contributed by atoms with van der Waals surface area (Å²) in [6.07, 6.45) is 5.69. The molecule has 0 radical (unpaired) electrons. The quantitative estimate of drug-likeness (QED) is 0.486. The summed E-state index contributed by atoms with van der Waals surface area (Å²) in [4.78, 5) is 14.5. The first-order valence-electron chi connectivity index (χ1n) is 10.4. The third-order valence-electron chi connectivity index (χ3n) is 5.64. The van der Waals surface area contributed by atoms with Crippen molar-refractivity contribution in [2.75, 3.05) is 19.3 Å². The Bertz CT molecular complexity index is 951. The molecule has 2 aromatic rings. The van der Waals surface area contributed by atoms with Gasteiger partial charge in [0.2, 0.25) is 0 Å². The van der Waals surface area contributed by atoms with E-state index in [2.05, 4.69) is 9.62 Å². The van der Waals surface area contributed by atoms with Gasteiger partial charge in [0.15, 0.2) is 0 Å². The van der Waals surface area contributed by atoms with Crippen LogP contribution in [0.4, 0.5) is 4.39 Å². The molecule has 0 aromatic heterocycles. The molecule has 1 N–H and O–H groups in total. The van der Waals surface area contributed by atoms with E-state index in [-0.39, 0.29) is 11.7 Å². The minimum absolute atomic E-state index is 0.0359. The number of rotatable bonds is 7. The van der Waals surface area contributed by atoms with Crippen LogP contribution < -0.4 is 9.46 Å². The molecule has 1 saturated heterocycles. The molecule has 0 spiro atoms. The zero-order chi connectivity index (χ0) is 22.0. The van der Waals surface area contributed by atoms with Crippen LogP contribution in [0.3, 0.4) is 0 Å². The topological polar surface area (TPSA) is 41.6 Å². The van der Waals surface area contributed by atoms with Crippen LogP contribution in [-0.4, -0.2) is 36.3 Å². The van der Waals surface area contributed by atoms with Gasteiger partial charge in [-0.15, -0.1) is 0 Å². The maximum atomic E-state index is 14.7. The summed E-state index contributed by atoms with van der Waals surface area (Å²) in [5.41, 5.74) is 2.07. The van der Waals surface area contributed by atoms with Crippen LogP contribution in [0.2, 0.25) is 10.0 Å². The number of piperidine rings is 1. The van der Waals surface area contributed by atoms with Crippen molar-refractivity contribution >= 4 is 41.1 Å². The molecule has 4 rings (SSSR count). The number of ether oxygens (including phenoxy) is 1. The Labute approximate surface area is 196 Å². The molecule has 1 aliphatic carbocycles. The van der Waals surface area contributed by atoms with Crippen LogP contribution in [0.25, 0.3) is 0 Å². The SMILES string of the molecule is CSNC(=O)c1cc(C2CC2)c(OC2CCCN(Cc3cc(Cl)cc(Cl)c3)C2)cc1F. The predicted molar refractivity (Wildman–Crippen MR) is 125 cm³/mol. The lowest BCUT2D eigenvalue weighted by Crippen LogP contribution is -2.40. The maximum Gasteiger partial charge on any atom is 0.264 e. The zero-order valence-electron chi connectivity index (χ0n) is 17.3. The molecule has 2 aliphatic rings. The maximum absolute atomic E-state index is 14.7. The third-order valence-corrected chi connectivity index (χ3v) is 6.47. The van der Waals surface area contributed by atoms with E-state index in [0.29, 0.717) is 21.7 Å². The van der Waals surface area contributed by atoms with Gasteiger partial charge in [0.05, 0.1) is 5.56 Å². The second-order valence-electron chi connectivity index (χ2n) is 8.17. The Hall–Kier alpha value is -1.47. The summed E-state index contributed by atoms with van der Waals surface area (Å²) in [6.45, 7) is 2.43. The van der Waals surface area contributed by atoms with Gasteiger partial charge < -0.3 is 4.74 Å². The largest absolute Gasteiger partial charge is 0.489 e. The molecule has 1 heterocycles. The van der Waals surface area contributed by atoms with Gasteiger partial charge in [-0.2, -0.15) is 0 Å². The van der Waals surface area contributed by atoms with Crippen LogP contribution >= 0.6 is 35.1 Å². The lowest BCUT2D eigenvalue weighted by atomic mass is 10.0. The Morgan fingerprint density at radius 3 is 2.61 bits per heavy atom. The highest BCUT2D eigenvalue weighted by Crippen LogP contribution is 2.45. The number of nitrogens with one attached hydrogen (secondary N) is 1. The van der Waals surface area contributed by atoms with E-state index < -0.39 is 11.7 Å². The van der Waals surface area contributed by atoms with E-state index in [1.54, 1.807) is 18.4 Å². The fourth-order valence-corrected chi connectivity index (χ4v) is 4.97. The van der Waals surface area contributed by atoms with Crippen molar-refractivity contribution in [3.05, 3.63) is 62.9 Å². The summed E-state index contributed by atoms with van der Waals surface area (Å²) >= 11 is 13.4. The molecular formula is C23H25Cl2FN2O2S. The average molecular weight is 483 g/mol. The molecule has 1 unspecified atom stereocenters. The Morgan fingerprint density at radius 1 is 1.19 bits per heavy atom. The van der Waals surface area contributed by atoms with Crippen LogP contribution in [0, 0.1) is 5.82 Å². The van der Waals surface area contributed by atoms with Gasteiger partial charge in [-0.25, -0.2) is 4.39 Å². The number of halogens is 3. The van der Waals surface area contributed by atoms with Crippen molar-refractivity contribution in [3.8, 4) is 5.75 Å². The normalized spacial score (nSPS) is 19.3. The van der Waals surface area contributed by atoms with E-state index >= 15 is 0 Å². The fourth-order valence-electron chi connectivity index (χ4n) is 4.10. The molecule has 4 nitrogen and oxygen atoms in total. The molecule has 1 amide bonds. The van der Waals surface area contributed by atoms with E-state index in [0.717, 1.165) is 68.4 Å². The number of amides is 1. The molecule has 1 saturated carbocycles. The standard InChI is InChI=1S/C23H25Cl2FN2O2S/c1-31-27-23(29)20-10-19(15-4-5-15)22(11-21(20)26)30-18-3-2-6-28(13-18)12-14-7-16(24)9-17(25)8-14/h7-11,15,18H,2-6,12-13H2,1H3,(H,27,29). The smallest absolute Gasteiger partial charge is 0.264 e. The van der Waals surface area contributed by atoms with Gasteiger partial charge in [0.1, 0.15) is 17.7 Å². The number of carbonyl (C=O) groups is 1. The third kappa shape index (κ3) is 5.86. The lowest BCUT2D eigenvalue weighted by molar-refractivity contribution is 0.0832. The molecule has 31 heavy (non-hydrogen) atoms. The second kappa shape index (κ2) is 9.99. The van der Waals surface area contributed by atoms with Crippen molar-refractivity contribution in [1.29, 1.82) is 0 Å². The molecule has 2 fully saturated rings. The van der Waals surface area contributed by atoms with Crippen molar-refractivity contribution in [2.45, 2.75) is 44.2 Å². The summed E-state index contributed by atoms with van der Waals surface area (Å²) in [5, 5.41) is 1.25. The van der Waals surface area contributed by atoms with Gasteiger partial charge in [-0.3, -0.25) is 14.4 Å². The van der Waals surface area contributed by atoms with Crippen LogP contribution in [-0.2, 0) is 6.54 Å². The van der Waals surface area contributed by atoms with Crippen molar-refractivity contribution in [2.24, 2.45) is 0 Å². The first-order valence-corrected chi connectivity index (χ1v) is 12.4. The van der Waals surface area contributed by atoms with E-state index in [4.69, 9.17) is 27.9 Å². The van der Waals surface area contributed by atoms with Crippen LogP contribution in [0.5, 0.6) is 5.75 Å². The first kappa shape index (κ1) is 22.7. The number of carbonyl (C=O) groups excluding carboxylic acids is 1. The molecular weight excluding hydrogens is 458 g/mol. The highest BCUT2D eigenvalue weighted by molar-refractivity contribution is 7.97. The average Bonchev–Trinajstić information content (AvgIpc) is 3.53. The van der Waals surface area contributed by atoms with Crippen LogP contribution in [0.15, 0.2) is 30.3 Å². The second-order valence-corrected chi connectivity index (χ2v) is 9.66.